The molecule has 0 fully saturated rings. The molecule has 53 heavy (non-hydrogen) atoms. The van der Waals surface area contributed by atoms with E-state index in [1.807, 2.05) is 0 Å². The van der Waals surface area contributed by atoms with Gasteiger partial charge in [0.25, 0.3) is 0 Å². The number of rotatable bonds is 12. The molecule has 0 radical (unpaired) electrons. The van der Waals surface area contributed by atoms with Gasteiger partial charge in [-0.2, -0.15) is 0 Å². The Morgan fingerprint density at radius 3 is 0.774 bits per heavy atom. The zero-order valence-electron chi connectivity index (χ0n) is 27.3. The molecule has 1 heterocycles. The van der Waals surface area contributed by atoms with E-state index in [9.17, 15) is 25.5 Å². The monoisotopic (exact) mass is 773 g/mol. The summed E-state index contributed by atoms with van der Waals surface area (Å²) < 4.78 is 53.5. The summed E-state index contributed by atoms with van der Waals surface area (Å²) in [5.41, 5.74) is 0. The third-order valence-corrected chi connectivity index (χ3v) is 15.1. The minimum absolute atomic E-state index is 0.127. The quantitative estimate of drug-likeness (QED) is 0.0743. The zero-order chi connectivity index (χ0) is 36.9. The summed E-state index contributed by atoms with van der Waals surface area (Å²) in [4.78, 5) is 0. The number of hydrogen-bond donors (Lipinski definition) is 5. The SMILES string of the molecule is Oc1ccccc1OP1(Oc2ccccc2)=NP(Oc2ccccc2O)(Oc2ccccc2O)=NP(Oc2ccccc2O)(Oc2ccccc2O)=N1. The molecule has 17 heteroatoms. The van der Waals surface area contributed by atoms with Gasteiger partial charge in [-0.15, -0.1) is 0 Å². The number of hydrogen-bond acceptors (Lipinski definition) is 14. The van der Waals surface area contributed by atoms with Crippen molar-refractivity contribution in [3.63, 3.8) is 0 Å². The molecule has 0 bridgehead atoms. The third kappa shape index (κ3) is 8.00. The first-order valence-electron chi connectivity index (χ1n) is 15.7. The van der Waals surface area contributed by atoms with E-state index in [1.54, 1.807) is 91.0 Å². The van der Waals surface area contributed by atoms with Crippen LogP contribution in [0.1, 0.15) is 0 Å². The molecule has 7 rings (SSSR count). The van der Waals surface area contributed by atoms with Gasteiger partial charge in [0.05, 0.1) is 0 Å². The first-order chi connectivity index (χ1) is 25.6. The number of nitrogens with zero attached hydrogens (tertiary/aromatic N) is 3. The third-order valence-electron chi connectivity index (χ3n) is 7.06. The molecular weight excluding hydrogens is 743 g/mol. The normalized spacial score (nSPS) is 16.8. The molecule has 6 aromatic rings. The molecule has 0 saturated carbocycles. The summed E-state index contributed by atoms with van der Waals surface area (Å²) in [6, 6.07) is 38.1. The molecule has 0 spiro atoms. The van der Waals surface area contributed by atoms with E-state index in [4.69, 9.17) is 40.7 Å². The molecule has 270 valence electrons. The minimum Gasteiger partial charge on any atom is -0.504 e. The number of para-hydroxylation sites is 11. The van der Waals surface area contributed by atoms with Crippen molar-refractivity contribution in [1.82, 2.24) is 0 Å². The lowest BCUT2D eigenvalue weighted by atomic mass is 10.3. The van der Waals surface area contributed by atoms with Gasteiger partial charge in [-0.1, -0.05) is 92.4 Å². The van der Waals surface area contributed by atoms with Gasteiger partial charge >= 0.3 is 23.0 Å². The van der Waals surface area contributed by atoms with Crippen molar-refractivity contribution in [3.8, 4) is 63.2 Å². The smallest absolute Gasteiger partial charge is 0.461 e. The number of phenols is 5. The highest BCUT2D eigenvalue weighted by molar-refractivity contribution is 7.79. The Balaban J connectivity index is 1.62. The van der Waals surface area contributed by atoms with Gasteiger partial charge in [-0.05, 0) is 72.8 Å². The van der Waals surface area contributed by atoms with Gasteiger partial charge < -0.3 is 52.7 Å². The van der Waals surface area contributed by atoms with Gasteiger partial charge in [-0.3, -0.25) is 0 Å². The second kappa shape index (κ2) is 14.8. The summed E-state index contributed by atoms with van der Waals surface area (Å²) in [6.07, 6.45) is 0. The molecule has 0 aromatic heterocycles. The fourth-order valence-electron chi connectivity index (χ4n) is 4.69. The average molecular weight is 774 g/mol. The van der Waals surface area contributed by atoms with Crippen LogP contribution >= 0.6 is 23.0 Å². The standard InChI is InChI=1S/C36H30N3O11P3/c40-27-16-4-9-21-32(27)46-51(45-26-14-2-1-3-15-26)37-52(47-33-22-10-5-17-28(33)41,48-34-23-11-6-18-29(34)42)39-53(38-51,49-35-24-12-7-19-30(35)43)50-36-25-13-8-20-31(36)44/h1-25,40-44H. The van der Waals surface area contributed by atoms with Crippen molar-refractivity contribution < 1.29 is 52.7 Å². The van der Waals surface area contributed by atoms with Crippen LogP contribution in [0.15, 0.2) is 165 Å². The van der Waals surface area contributed by atoms with E-state index in [1.165, 1.54) is 60.7 Å². The molecule has 5 N–H and O–H groups in total. The number of benzene rings is 6. The van der Waals surface area contributed by atoms with Gasteiger partial charge in [0.1, 0.15) is 5.75 Å². The molecule has 0 saturated heterocycles. The van der Waals surface area contributed by atoms with E-state index >= 15 is 0 Å². The van der Waals surface area contributed by atoms with Crippen molar-refractivity contribution in [3.05, 3.63) is 152 Å². The number of phenolic OH excluding ortho intramolecular Hbond substituents is 5. The van der Waals surface area contributed by atoms with Crippen LogP contribution in [0.3, 0.4) is 0 Å². The van der Waals surface area contributed by atoms with Crippen LogP contribution in [-0.2, 0) is 0 Å². The van der Waals surface area contributed by atoms with Gasteiger partial charge in [0, 0.05) is 0 Å². The molecular formula is C36H30N3O11P3. The second-order valence-electron chi connectivity index (χ2n) is 10.9. The highest BCUT2D eigenvalue weighted by atomic mass is 31.3. The Hall–Kier alpha value is -6.19. The van der Waals surface area contributed by atoms with Crippen LogP contribution in [0, 0.1) is 0 Å². The van der Waals surface area contributed by atoms with Crippen molar-refractivity contribution >= 4 is 23.0 Å². The van der Waals surface area contributed by atoms with Crippen molar-refractivity contribution in [2.45, 2.75) is 0 Å². The summed E-state index contributed by atoms with van der Waals surface area (Å²) in [5.74, 6) is -2.20. The summed E-state index contributed by atoms with van der Waals surface area (Å²) in [5, 5.41) is 54.8. The maximum Gasteiger partial charge on any atom is 0.461 e. The van der Waals surface area contributed by atoms with Crippen LogP contribution in [0.2, 0.25) is 0 Å². The summed E-state index contributed by atoms with van der Waals surface area (Å²) in [7, 11) is -13.5. The largest absolute Gasteiger partial charge is 0.504 e. The van der Waals surface area contributed by atoms with Crippen molar-refractivity contribution in [2.24, 2.45) is 13.5 Å². The lowest BCUT2D eigenvalue weighted by molar-refractivity contribution is 0.392. The Bertz CT molecular complexity index is 2250. The van der Waals surface area contributed by atoms with Crippen LogP contribution in [0.5, 0.6) is 63.2 Å². The lowest BCUT2D eigenvalue weighted by Crippen LogP contribution is -2.11. The molecule has 1 aliphatic rings. The number of aromatic hydroxyl groups is 5. The highest BCUT2D eigenvalue weighted by Gasteiger charge is 2.50. The highest BCUT2D eigenvalue weighted by Crippen LogP contribution is 2.79. The molecule has 0 aliphatic carbocycles. The van der Waals surface area contributed by atoms with Gasteiger partial charge in [-0.25, -0.2) is 0 Å². The van der Waals surface area contributed by atoms with Crippen LogP contribution in [0.4, 0.5) is 0 Å². The predicted molar refractivity (Wildman–Crippen MR) is 199 cm³/mol. The zero-order valence-corrected chi connectivity index (χ0v) is 30.0. The molecule has 0 amide bonds. The van der Waals surface area contributed by atoms with E-state index in [2.05, 4.69) is 0 Å². The van der Waals surface area contributed by atoms with Crippen molar-refractivity contribution in [1.29, 1.82) is 0 Å². The molecule has 14 nitrogen and oxygen atoms in total. The average Bonchev–Trinajstić information content (AvgIpc) is 3.13. The van der Waals surface area contributed by atoms with Crippen LogP contribution in [-0.4, -0.2) is 25.5 Å². The molecule has 1 unspecified atom stereocenters. The topological polar surface area (TPSA) is 194 Å². The van der Waals surface area contributed by atoms with Gasteiger partial charge in [0.15, 0.2) is 57.5 Å². The van der Waals surface area contributed by atoms with Crippen LogP contribution < -0.4 is 27.1 Å². The Morgan fingerprint density at radius 1 is 0.283 bits per heavy atom. The fraction of sp³-hybridized carbons (Fsp3) is 0. The molecule has 1 aliphatic heterocycles. The summed E-state index contributed by atoms with van der Waals surface area (Å²) in [6.45, 7) is 0. The van der Waals surface area contributed by atoms with E-state index in [0.29, 0.717) is 0 Å². The Labute approximate surface area is 303 Å². The van der Waals surface area contributed by atoms with Gasteiger partial charge in [0.2, 0.25) is 0 Å². The second-order valence-corrected chi connectivity index (χ2v) is 17.1. The lowest BCUT2D eigenvalue weighted by Gasteiger charge is -2.33. The predicted octanol–water partition coefficient (Wildman–Crippen LogP) is 10.8. The molecule has 6 aromatic carbocycles. The first-order valence-corrected chi connectivity index (χ1v) is 20.3. The van der Waals surface area contributed by atoms with E-state index in [-0.39, 0.29) is 63.2 Å². The van der Waals surface area contributed by atoms with E-state index in [0.717, 1.165) is 0 Å². The first kappa shape index (κ1) is 35.2. The minimum atomic E-state index is -4.53. The fourth-order valence-corrected chi connectivity index (χ4v) is 13.8. The molecule has 1 atom stereocenters. The maximum absolute atomic E-state index is 11.0. The van der Waals surface area contributed by atoms with E-state index < -0.39 is 23.0 Å². The Morgan fingerprint density at radius 2 is 0.509 bits per heavy atom. The van der Waals surface area contributed by atoms with Crippen LogP contribution in [0.25, 0.3) is 0 Å². The maximum atomic E-state index is 11.0. The summed E-state index contributed by atoms with van der Waals surface area (Å²) >= 11 is 0. The van der Waals surface area contributed by atoms with Crippen molar-refractivity contribution in [2.75, 3.05) is 0 Å². The Kier molecular flexibility index (Phi) is 9.84.